The lowest BCUT2D eigenvalue weighted by Crippen LogP contribution is -2.46. The molecule has 1 heterocycles. The average molecular weight is 460 g/mol. The SMILES string of the molecule is CCc1ccccc1N(C(=O)c1ccco1)[C@@H](C(=O)NC1CCCC1)c1ccc(N(C)C)cc1. The van der Waals surface area contributed by atoms with Crippen LogP contribution in [0.1, 0.15) is 60.3 Å². The summed E-state index contributed by atoms with van der Waals surface area (Å²) in [6.07, 6.45) is 6.37. The van der Waals surface area contributed by atoms with E-state index in [0.717, 1.165) is 54.6 Å². The number of amides is 2. The number of hydrogen-bond donors (Lipinski definition) is 1. The molecule has 34 heavy (non-hydrogen) atoms. The standard InChI is InChI=1S/C28H33N3O3/c1-4-20-10-5-8-13-24(20)31(28(33)25-14-9-19-34-25)26(27(32)29-22-11-6-7-12-22)21-15-17-23(18-16-21)30(2)3/h5,8-10,13-19,22,26H,4,6-7,11-12H2,1-3H3,(H,29,32)/t26-/m1/s1. The number of furan rings is 1. The largest absolute Gasteiger partial charge is 0.459 e. The second kappa shape index (κ2) is 10.6. The first-order valence-electron chi connectivity index (χ1n) is 12.0. The Hall–Kier alpha value is -3.54. The van der Waals surface area contributed by atoms with E-state index in [2.05, 4.69) is 5.32 Å². The van der Waals surface area contributed by atoms with Crippen LogP contribution in [-0.2, 0) is 11.2 Å². The highest BCUT2D eigenvalue weighted by atomic mass is 16.3. The van der Waals surface area contributed by atoms with Crippen LogP contribution in [0.15, 0.2) is 71.3 Å². The summed E-state index contributed by atoms with van der Waals surface area (Å²) in [6, 6.07) is 18.2. The van der Waals surface area contributed by atoms with Gasteiger partial charge in [-0.15, -0.1) is 0 Å². The number of carbonyl (C=O) groups excluding carboxylic acids is 2. The summed E-state index contributed by atoms with van der Waals surface area (Å²) in [6.45, 7) is 2.05. The fraction of sp³-hybridized carbons (Fsp3) is 0.357. The highest BCUT2D eigenvalue weighted by Crippen LogP contribution is 2.34. The molecule has 2 amide bonds. The van der Waals surface area contributed by atoms with E-state index in [9.17, 15) is 9.59 Å². The number of nitrogens with one attached hydrogen (secondary N) is 1. The van der Waals surface area contributed by atoms with E-state index in [0.29, 0.717) is 0 Å². The monoisotopic (exact) mass is 459 g/mol. The van der Waals surface area contributed by atoms with Crippen molar-refractivity contribution in [3.05, 3.63) is 83.8 Å². The van der Waals surface area contributed by atoms with Crippen LogP contribution in [0.5, 0.6) is 0 Å². The van der Waals surface area contributed by atoms with Gasteiger partial charge in [0.05, 0.1) is 6.26 Å². The molecule has 1 aliphatic carbocycles. The maximum atomic E-state index is 13.9. The third-order valence-electron chi connectivity index (χ3n) is 6.52. The van der Waals surface area contributed by atoms with Gasteiger partial charge in [0.15, 0.2) is 5.76 Å². The molecule has 1 atom stereocenters. The zero-order chi connectivity index (χ0) is 24.1. The van der Waals surface area contributed by atoms with Gasteiger partial charge in [0.1, 0.15) is 6.04 Å². The molecule has 178 valence electrons. The Morgan fingerprint density at radius 2 is 1.71 bits per heavy atom. The molecule has 0 spiro atoms. The Labute approximate surface area is 201 Å². The number of para-hydroxylation sites is 1. The minimum atomic E-state index is -0.831. The van der Waals surface area contributed by atoms with Crippen LogP contribution in [0.3, 0.4) is 0 Å². The van der Waals surface area contributed by atoms with E-state index in [1.807, 2.05) is 74.4 Å². The number of carbonyl (C=O) groups is 2. The van der Waals surface area contributed by atoms with Crippen molar-refractivity contribution >= 4 is 23.2 Å². The molecular formula is C28H33N3O3. The molecule has 0 saturated heterocycles. The summed E-state index contributed by atoms with van der Waals surface area (Å²) < 4.78 is 5.49. The Morgan fingerprint density at radius 3 is 2.32 bits per heavy atom. The van der Waals surface area contributed by atoms with Crippen LogP contribution in [0, 0.1) is 0 Å². The highest BCUT2D eigenvalue weighted by molar-refractivity contribution is 6.09. The Morgan fingerprint density at radius 1 is 1.00 bits per heavy atom. The molecule has 0 bridgehead atoms. The van der Waals surface area contributed by atoms with Gasteiger partial charge in [-0.25, -0.2) is 0 Å². The first-order valence-corrected chi connectivity index (χ1v) is 12.0. The first-order chi connectivity index (χ1) is 16.5. The van der Waals surface area contributed by atoms with Crippen molar-refractivity contribution < 1.29 is 14.0 Å². The second-order valence-corrected chi connectivity index (χ2v) is 9.01. The lowest BCUT2D eigenvalue weighted by Gasteiger charge is -2.33. The van der Waals surface area contributed by atoms with Crippen LogP contribution in [0.2, 0.25) is 0 Å². The molecule has 0 unspecified atom stereocenters. The third kappa shape index (κ3) is 5.01. The van der Waals surface area contributed by atoms with Crippen molar-refractivity contribution in [3.63, 3.8) is 0 Å². The fourth-order valence-electron chi connectivity index (χ4n) is 4.65. The Balaban J connectivity index is 1.84. The lowest BCUT2D eigenvalue weighted by molar-refractivity contribution is -0.123. The smallest absolute Gasteiger partial charge is 0.294 e. The summed E-state index contributed by atoms with van der Waals surface area (Å²) in [7, 11) is 3.95. The molecule has 0 radical (unpaired) electrons. The molecule has 1 aromatic heterocycles. The molecule has 1 N–H and O–H groups in total. The van der Waals surface area contributed by atoms with Crippen LogP contribution >= 0.6 is 0 Å². The zero-order valence-corrected chi connectivity index (χ0v) is 20.2. The summed E-state index contributed by atoms with van der Waals surface area (Å²) in [5.41, 5.74) is 3.49. The zero-order valence-electron chi connectivity index (χ0n) is 20.2. The van der Waals surface area contributed by atoms with Gasteiger partial charge in [0.25, 0.3) is 5.91 Å². The predicted octanol–water partition coefficient (Wildman–Crippen LogP) is 5.35. The Kier molecular flexibility index (Phi) is 7.36. The Bertz CT molecular complexity index is 1100. The number of nitrogens with zero attached hydrogens (tertiary/aromatic N) is 2. The van der Waals surface area contributed by atoms with Crippen LogP contribution < -0.4 is 15.1 Å². The average Bonchev–Trinajstić information content (AvgIpc) is 3.57. The predicted molar refractivity (Wildman–Crippen MR) is 135 cm³/mol. The summed E-state index contributed by atoms with van der Waals surface area (Å²) in [5, 5.41) is 3.23. The number of benzene rings is 2. The highest BCUT2D eigenvalue weighted by Gasteiger charge is 2.36. The quantitative estimate of drug-likeness (QED) is 0.493. The maximum Gasteiger partial charge on any atom is 0.294 e. The molecule has 2 aromatic carbocycles. The lowest BCUT2D eigenvalue weighted by atomic mass is 9.99. The van der Waals surface area contributed by atoms with Crippen molar-refractivity contribution in [2.75, 3.05) is 23.9 Å². The fourth-order valence-corrected chi connectivity index (χ4v) is 4.65. The van der Waals surface area contributed by atoms with E-state index >= 15 is 0 Å². The van der Waals surface area contributed by atoms with Crippen molar-refractivity contribution in [2.24, 2.45) is 0 Å². The van der Waals surface area contributed by atoms with E-state index in [1.165, 1.54) is 6.26 Å². The molecule has 1 aliphatic rings. The first kappa shape index (κ1) is 23.6. The number of hydrogen-bond acceptors (Lipinski definition) is 4. The van der Waals surface area contributed by atoms with Gasteiger partial charge in [-0.2, -0.15) is 0 Å². The van der Waals surface area contributed by atoms with Crippen LogP contribution in [0.4, 0.5) is 11.4 Å². The van der Waals surface area contributed by atoms with E-state index < -0.39 is 6.04 Å². The molecule has 3 aromatic rings. The molecule has 0 aliphatic heterocycles. The van der Waals surface area contributed by atoms with Gasteiger partial charge in [0, 0.05) is 31.5 Å². The minimum absolute atomic E-state index is 0.137. The van der Waals surface area contributed by atoms with Crippen LogP contribution in [-0.4, -0.2) is 32.0 Å². The minimum Gasteiger partial charge on any atom is -0.459 e. The molecule has 1 fully saturated rings. The van der Waals surface area contributed by atoms with Crippen molar-refractivity contribution in [3.8, 4) is 0 Å². The summed E-state index contributed by atoms with van der Waals surface area (Å²) in [5.74, 6) is -0.307. The van der Waals surface area contributed by atoms with Gasteiger partial charge in [-0.3, -0.25) is 14.5 Å². The molecule has 4 rings (SSSR count). The molecule has 6 nitrogen and oxygen atoms in total. The van der Waals surface area contributed by atoms with Gasteiger partial charge in [-0.05, 0) is 60.7 Å². The van der Waals surface area contributed by atoms with Gasteiger partial charge in [0.2, 0.25) is 5.91 Å². The van der Waals surface area contributed by atoms with Gasteiger partial charge >= 0.3 is 0 Å². The van der Waals surface area contributed by atoms with Gasteiger partial charge in [-0.1, -0.05) is 50.1 Å². The molecular weight excluding hydrogens is 426 g/mol. The van der Waals surface area contributed by atoms with Gasteiger partial charge < -0.3 is 14.6 Å². The maximum absolute atomic E-state index is 13.9. The van der Waals surface area contributed by atoms with E-state index in [1.54, 1.807) is 17.0 Å². The number of aryl methyl sites for hydroxylation is 1. The number of anilines is 2. The third-order valence-corrected chi connectivity index (χ3v) is 6.52. The second-order valence-electron chi connectivity index (χ2n) is 9.01. The molecule has 6 heteroatoms. The normalized spacial score (nSPS) is 14.6. The molecule has 1 saturated carbocycles. The number of rotatable bonds is 8. The van der Waals surface area contributed by atoms with Crippen LogP contribution in [0.25, 0.3) is 0 Å². The summed E-state index contributed by atoms with van der Waals surface area (Å²) >= 11 is 0. The van der Waals surface area contributed by atoms with E-state index in [4.69, 9.17) is 4.42 Å². The van der Waals surface area contributed by atoms with E-state index in [-0.39, 0.29) is 23.6 Å². The topological polar surface area (TPSA) is 65.8 Å². The van der Waals surface area contributed by atoms with Crippen molar-refractivity contribution in [1.82, 2.24) is 5.32 Å². The van der Waals surface area contributed by atoms with Crippen molar-refractivity contribution in [2.45, 2.75) is 51.1 Å². The summed E-state index contributed by atoms with van der Waals surface area (Å²) in [4.78, 5) is 31.3. The van der Waals surface area contributed by atoms with Crippen molar-refractivity contribution in [1.29, 1.82) is 0 Å².